The average molecular weight is 379 g/mol. The lowest BCUT2D eigenvalue weighted by Gasteiger charge is -1.99. The fourth-order valence-electron chi connectivity index (χ4n) is 2.02. The van der Waals surface area contributed by atoms with Gasteiger partial charge in [-0.1, -0.05) is 17.4 Å². The molecule has 24 heavy (non-hydrogen) atoms. The molecule has 0 fully saturated rings. The third-order valence-corrected chi connectivity index (χ3v) is 6.33. The van der Waals surface area contributed by atoms with Crippen LogP contribution in [0.25, 0.3) is 15.6 Å². The van der Waals surface area contributed by atoms with Crippen molar-refractivity contribution < 1.29 is 14.3 Å². The lowest BCUT2D eigenvalue weighted by Crippen LogP contribution is -2.07. The number of fused-ring (bicyclic) bond motifs is 1. The molecule has 0 unspecified atom stereocenters. The van der Waals surface area contributed by atoms with Crippen LogP contribution < -0.4 is 5.32 Å². The lowest BCUT2D eigenvalue weighted by atomic mass is 10.3. The molecule has 1 N–H and O–H groups in total. The van der Waals surface area contributed by atoms with Crippen molar-refractivity contribution >= 4 is 66.6 Å². The highest BCUT2D eigenvalue weighted by atomic mass is 32.1. The number of anilines is 1. The largest absolute Gasteiger partial charge is 0.462 e. The molecule has 0 atom stereocenters. The molecule has 3 aromatic heterocycles. The van der Waals surface area contributed by atoms with Gasteiger partial charge in [-0.3, -0.25) is 10.1 Å². The molecular weight excluding hydrogens is 364 g/mol. The van der Waals surface area contributed by atoms with Crippen molar-refractivity contribution in [3.63, 3.8) is 0 Å². The normalized spacial score (nSPS) is 11.2. The number of thiophene rings is 2. The van der Waals surface area contributed by atoms with Gasteiger partial charge in [0.2, 0.25) is 5.91 Å². The van der Waals surface area contributed by atoms with Crippen molar-refractivity contribution in [1.82, 2.24) is 4.98 Å². The average Bonchev–Trinajstić information content (AvgIpc) is 3.24. The molecule has 0 saturated carbocycles. The summed E-state index contributed by atoms with van der Waals surface area (Å²) < 4.78 is 5.94. The fourth-order valence-corrected chi connectivity index (χ4v) is 4.86. The van der Waals surface area contributed by atoms with Crippen molar-refractivity contribution in [2.75, 3.05) is 11.9 Å². The minimum absolute atomic E-state index is 0.229. The molecule has 0 aromatic carbocycles. The molecule has 8 heteroatoms. The van der Waals surface area contributed by atoms with Crippen LogP contribution in [-0.4, -0.2) is 23.5 Å². The Hall–Kier alpha value is -2.03. The van der Waals surface area contributed by atoms with Crippen LogP contribution in [0.15, 0.2) is 23.6 Å². The predicted molar refractivity (Wildman–Crippen MR) is 100 cm³/mol. The topological polar surface area (TPSA) is 68.3 Å². The van der Waals surface area contributed by atoms with E-state index in [0.717, 1.165) is 20.0 Å². The van der Waals surface area contributed by atoms with Crippen molar-refractivity contribution in [1.29, 1.82) is 0 Å². The smallest absolute Gasteiger partial charge is 0.348 e. The van der Waals surface area contributed by atoms with Gasteiger partial charge in [0.05, 0.1) is 11.3 Å². The Kier molecular flexibility index (Phi) is 5.08. The Morgan fingerprint density at radius 3 is 2.88 bits per heavy atom. The lowest BCUT2D eigenvalue weighted by molar-refractivity contribution is -0.111. The van der Waals surface area contributed by atoms with Gasteiger partial charge in [0.25, 0.3) is 0 Å². The van der Waals surface area contributed by atoms with E-state index in [-0.39, 0.29) is 11.9 Å². The number of amides is 1. The molecule has 0 bridgehead atoms. The summed E-state index contributed by atoms with van der Waals surface area (Å²) >= 11 is 4.21. The van der Waals surface area contributed by atoms with E-state index < -0.39 is 0 Å². The highest BCUT2D eigenvalue weighted by molar-refractivity contribution is 7.30. The van der Waals surface area contributed by atoms with Crippen LogP contribution >= 0.6 is 34.0 Å². The third-order valence-electron chi connectivity index (χ3n) is 3.11. The van der Waals surface area contributed by atoms with Crippen molar-refractivity contribution in [2.45, 2.75) is 13.8 Å². The van der Waals surface area contributed by atoms with E-state index in [1.165, 1.54) is 28.7 Å². The molecule has 124 valence electrons. The molecule has 3 aromatic rings. The maximum absolute atomic E-state index is 12.0. The number of nitrogens with one attached hydrogen (secondary N) is 1. The highest BCUT2D eigenvalue weighted by Crippen LogP contribution is 2.37. The number of esters is 1. The van der Waals surface area contributed by atoms with Gasteiger partial charge in [0.15, 0.2) is 5.13 Å². The van der Waals surface area contributed by atoms with E-state index in [4.69, 9.17) is 4.74 Å². The quantitative estimate of drug-likeness (QED) is 0.522. The summed E-state index contributed by atoms with van der Waals surface area (Å²) in [4.78, 5) is 30.5. The van der Waals surface area contributed by atoms with Crippen molar-refractivity contribution in [2.24, 2.45) is 0 Å². The minimum atomic E-state index is -0.324. The van der Waals surface area contributed by atoms with Gasteiger partial charge < -0.3 is 4.74 Å². The standard InChI is InChI=1S/C16H14N2O3S3/c1-3-21-15(20)13-9(2)12-14(23-13)18-16(24-12)17-11(19)7-6-10-5-4-8-22-10/h4-8H,3H2,1-2H3,(H,17,18,19). The van der Waals surface area contributed by atoms with Gasteiger partial charge in [-0.15, -0.1) is 22.7 Å². The van der Waals surface area contributed by atoms with Crippen molar-refractivity contribution in [3.8, 4) is 0 Å². The second-order valence-electron chi connectivity index (χ2n) is 4.77. The number of thiazole rings is 1. The van der Waals surface area contributed by atoms with Crippen LogP contribution in [0.5, 0.6) is 0 Å². The molecule has 5 nitrogen and oxygen atoms in total. The van der Waals surface area contributed by atoms with Gasteiger partial charge in [0, 0.05) is 11.0 Å². The Balaban J connectivity index is 1.74. The zero-order chi connectivity index (χ0) is 17.1. The van der Waals surface area contributed by atoms with E-state index in [1.54, 1.807) is 24.3 Å². The number of carbonyl (C=O) groups is 2. The predicted octanol–water partition coefficient (Wildman–Crippen LogP) is 4.56. The van der Waals surface area contributed by atoms with Crippen LogP contribution in [0.1, 0.15) is 27.0 Å². The first-order valence-corrected chi connectivity index (χ1v) is 9.69. The number of ether oxygens (including phenoxy) is 1. The van der Waals surface area contributed by atoms with E-state index >= 15 is 0 Å². The molecule has 0 aliphatic heterocycles. The Morgan fingerprint density at radius 2 is 2.21 bits per heavy atom. The van der Waals surface area contributed by atoms with E-state index in [9.17, 15) is 9.59 Å². The number of aryl methyl sites for hydroxylation is 1. The molecule has 1 amide bonds. The maximum atomic E-state index is 12.0. The van der Waals surface area contributed by atoms with E-state index in [1.807, 2.05) is 24.4 Å². The fraction of sp³-hybridized carbons (Fsp3) is 0.188. The SMILES string of the molecule is CCOC(=O)c1sc2nc(NC(=O)C=Cc3cccs3)sc2c1C. The summed E-state index contributed by atoms with van der Waals surface area (Å²) in [5.74, 6) is -0.553. The number of rotatable bonds is 5. The number of hydrogen-bond acceptors (Lipinski definition) is 7. The Bertz CT molecular complexity index is 907. The zero-order valence-electron chi connectivity index (χ0n) is 13.0. The van der Waals surface area contributed by atoms with E-state index in [2.05, 4.69) is 10.3 Å². The Morgan fingerprint density at radius 1 is 1.38 bits per heavy atom. The minimum Gasteiger partial charge on any atom is -0.462 e. The van der Waals surface area contributed by atoms with Gasteiger partial charge in [-0.2, -0.15) is 0 Å². The Labute approximate surface area is 150 Å². The monoisotopic (exact) mass is 378 g/mol. The summed E-state index contributed by atoms with van der Waals surface area (Å²) in [5.41, 5.74) is 0.848. The van der Waals surface area contributed by atoms with Gasteiger partial charge in [0.1, 0.15) is 9.71 Å². The summed E-state index contributed by atoms with van der Waals surface area (Å²) in [5, 5.41) is 5.24. The molecule has 0 aliphatic carbocycles. The van der Waals surface area contributed by atoms with Crippen LogP contribution in [0, 0.1) is 6.92 Å². The number of hydrogen-bond donors (Lipinski definition) is 1. The van der Waals surface area contributed by atoms with Crippen LogP contribution in [0.4, 0.5) is 5.13 Å². The molecule has 0 spiro atoms. The summed E-state index contributed by atoms with van der Waals surface area (Å²) in [6.45, 7) is 3.99. The van der Waals surface area contributed by atoms with E-state index in [0.29, 0.717) is 16.6 Å². The second kappa shape index (κ2) is 7.25. The third kappa shape index (κ3) is 3.55. The molecule has 3 rings (SSSR count). The molecule has 3 heterocycles. The van der Waals surface area contributed by atoms with Crippen LogP contribution in [0.2, 0.25) is 0 Å². The van der Waals surface area contributed by atoms with Crippen molar-refractivity contribution in [3.05, 3.63) is 38.9 Å². The summed E-state index contributed by atoms with van der Waals surface area (Å²) in [7, 11) is 0. The maximum Gasteiger partial charge on any atom is 0.348 e. The summed E-state index contributed by atoms with van der Waals surface area (Å²) in [6.07, 6.45) is 3.25. The molecule has 0 aliphatic rings. The van der Waals surface area contributed by atoms with Crippen LogP contribution in [0.3, 0.4) is 0 Å². The molecular formula is C16H14N2O3S3. The van der Waals surface area contributed by atoms with Crippen LogP contribution in [-0.2, 0) is 9.53 Å². The first kappa shape index (κ1) is 16.8. The second-order valence-corrected chi connectivity index (χ2v) is 7.75. The molecule has 0 saturated heterocycles. The van der Waals surface area contributed by atoms with Gasteiger partial charge in [-0.05, 0) is 36.9 Å². The zero-order valence-corrected chi connectivity index (χ0v) is 15.4. The first-order chi connectivity index (χ1) is 11.6. The summed E-state index contributed by atoms with van der Waals surface area (Å²) in [6, 6.07) is 3.87. The molecule has 0 radical (unpaired) electrons. The van der Waals surface area contributed by atoms with Gasteiger partial charge in [-0.25, -0.2) is 9.78 Å². The number of nitrogens with zero attached hydrogens (tertiary/aromatic N) is 1. The first-order valence-electron chi connectivity index (χ1n) is 7.18. The highest BCUT2D eigenvalue weighted by Gasteiger charge is 2.20. The van der Waals surface area contributed by atoms with Gasteiger partial charge >= 0.3 is 5.97 Å². The number of aromatic nitrogens is 1. The number of carbonyl (C=O) groups excluding carboxylic acids is 2.